The maximum Gasteiger partial charge on any atom is 0.319 e. The van der Waals surface area contributed by atoms with Gasteiger partial charge in [-0.1, -0.05) is 6.07 Å². The summed E-state index contributed by atoms with van der Waals surface area (Å²) in [6, 6.07) is 5.49. The van der Waals surface area contributed by atoms with Crippen LogP contribution in [0.15, 0.2) is 24.3 Å². The number of morpholine rings is 1. The van der Waals surface area contributed by atoms with E-state index >= 15 is 0 Å². The molecule has 2 rings (SSSR count). The van der Waals surface area contributed by atoms with Gasteiger partial charge in [0.15, 0.2) is 0 Å². The van der Waals surface area contributed by atoms with Crippen LogP contribution in [0.2, 0.25) is 0 Å². The Hall–Kier alpha value is -2.19. The molecule has 8 nitrogen and oxygen atoms in total. The highest BCUT2D eigenvalue weighted by molar-refractivity contribution is 5.89. The van der Waals surface area contributed by atoms with Gasteiger partial charge in [0, 0.05) is 37.5 Å². The minimum atomic E-state index is -0.495. The van der Waals surface area contributed by atoms with E-state index < -0.39 is 4.92 Å². The molecule has 1 aliphatic rings. The van der Waals surface area contributed by atoms with Gasteiger partial charge >= 0.3 is 6.03 Å². The zero-order valence-corrected chi connectivity index (χ0v) is 12.3. The molecule has 0 aromatic heterocycles. The van der Waals surface area contributed by atoms with Crippen LogP contribution in [-0.4, -0.2) is 55.2 Å². The molecule has 0 spiro atoms. The molecule has 0 unspecified atom stereocenters. The number of urea groups is 1. The minimum Gasteiger partial charge on any atom is -0.379 e. The van der Waals surface area contributed by atoms with Crippen molar-refractivity contribution in [1.82, 2.24) is 10.2 Å². The van der Waals surface area contributed by atoms with E-state index in [0.29, 0.717) is 12.2 Å². The van der Waals surface area contributed by atoms with Crippen LogP contribution in [0.5, 0.6) is 0 Å². The quantitative estimate of drug-likeness (QED) is 0.471. The number of non-ortho nitro benzene ring substituents is 1. The Bertz CT molecular complexity index is 517. The van der Waals surface area contributed by atoms with E-state index in [1.54, 1.807) is 6.07 Å². The molecule has 0 atom stereocenters. The smallest absolute Gasteiger partial charge is 0.319 e. The summed E-state index contributed by atoms with van der Waals surface area (Å²) < 4.78 is 5.27. The number of nitrogens with one attached hydrogen (secondary N) is 2. The Morgan fingerprint density at radius 3 is 2.86 bits per heavy atom. The van der Waals surface area contributed by atoms with Gasteiger partial charge in [0.25, 0.3) is 5.69 Å². The number of nitrogens with zero attached hydrogens (tertiary/aromatic N) is 2. The number of nitro benzene ring substituents is 1. The molecule has 0 radical (unpaired) electrons. The first-order chi connectivity index (χ1) is 10.6. The molecule has 2 N–H and O–H groups in total. The number of carbonyl (C=O) groups excluding carboxylic acids is 1. The summed E-state index contributed by atoms with van der Waals surface area (Å²) in [4.78, 5) is 24.2. The van der Waals surface area contributed by atoms with Crippen molar-refractivity contribution < 1.29 is 14.5 Å². The fraction of sp³-hybridized carbons (Fsp3) is 0.500. The molecule has 0 saturated carbocycles. The van der Waals surface area contributed by atoms with Crippen LogP contribution in [0.25, 0.3) is 0 Å². The van der Waals surface area contributed by atoms with E-state index in [4.69, 9.17) is 4.74 Å². The van der Waals surface area contributed by atoms with Crippen molar-refractivity contribution in [2.24, 2.45) is 0 Å². The van der Waals surface area contributed by atoms with Crippen LogP contribution < -0.4 is 10.6 Å². The molecule has 0 aliphatic carbocycles. The lowest BCUT2D eigenvalue weighted by atomic mass is 10.3. The van der Waals surface area contributed by atoms with Crippen LogP contribution in [0.1, 0.15) is 6.42 Å². The Kier molecular flexibility index (Phi) is 6.11. The van der Waals surface area contributed by atoms with E-state index in [9.17, 15) is 14.9 Å². The molecule has 2 amide bonds. The van der Waals surface area contributed by atoms with Gasteiger partial charge in [-0.05, 0) is 19.0 Å². The summed E-state index contributed by atoms with van der Waals surface area (Å²) in [6.45, 7) is 4.86. The largest absolute Gasteiger partial charge is 0.379 e. The van der Waals surface area contributed by atoms with Crippen LogP contribution in [-0.2, 0) is 4.74 Å². The van der Waals surface area contributed by atoms with Crippen LogP contribution in [0.3, 0.4) is 0 Å². The van der Waals surface area contributed by atoms with Crippen molar-refractivity contribution in [2.45, 2.75) is 6.42 Å². The average molecular weight is 308 g/mol. The summed E-state index contributed by atoms with van der Waals surface area (Å²) in [5.74, 6) is 0. The number of ether oxygens (including phenoxy) is 1. The normalized spacial score (nSPS) is 15.3. The average Bonchev–Trinajstić information content (AvgIpc) is 2.53. The molecule has 1 aromatic rings. The van der Waals surface area contributed by atoms with E-state index in [-0.39, 0.29) is 11.7 Å². The summed E-state index contributed by atoms with van der Waals surface area (Å²) >= 11 is 0. The zero-order chi connectivity index (χ0) is 15.8. The number of benzene rings is 1. The fourth-order valence-electron chi connectivity index (χ4n) is 2.20. The van der Waals surface area contributed by atoms with Gasteiger partial charge in [-0.15, -0.1) is 0 Å². The van der Waals surface area contributed by atoms with Gasteiger partial charge in [-0.2, -0.15) is 0 Å². The Morgan fingerprint density at radius 2 is 2.14 bits per heavy atom. The third-order valence-corrected chi connectivity index (χ3v) is 3.36. The molecule has 120 valence electrons. The molecule has 8 heteroatoms. The lowest BCUT2D eigenvalue weighted by Gasteiger charge is -2.26. The third kappa shape index (κ3) is 5.30. The Morgan fingerprint density at radius 1 is 1.36 bits per heavy atom. The van der Waals surface area contributed by atoms with Crippen molar-refractivity contribution in [1.29, 1.82) is 0 Å². The van der Waals surface area contributed by atoms with Crippen molar-refractivity contribution in [3.63, 3.8) is 0 Å². The second-order valence-corrected chi connectivity index (χ2v) is 5.00. The maximum atomic E-state index is 11.7. The fourth-order valence-corrected chi connectivity index (χ4v) is 2.20. The van der Waals surface area contributed by atoms with E-state index in [1.165, 1.54) is 18.2 Å². The standard InChI is InChI=1S/C14H20N4O4/c19-14(15-5-2-6-17-7-9-22-10-8-17)16-12-3-1-4-13(11-12)18(20)21/h1,3-4,11H,2,5-10H2,(H2,15,16,19). The number of anilines is 1. The second kappa shape index (κ2) is 8.30. The molecule has 1 fully saturated rings. The van der Waals surface area contributed by atoms with E-state index in [0.717, 1.165) is 39.3 Å². The highest BCUT2D eigenvalue weighted by Crippen LogP contribution is 2.16. The van der Waals surface area contributed by atoms with Crippen LogP contribution in [0.4, 0.5) is 16.2 Å². The Labute approximate surface area is 128 Å². The first-order valence-corrected chi connectivity index (χ1v) is 7.24. The third-order valence-electron chi connectivity index (χ3n) is 3.36. The predicted octanol–water partition coefficient (Wildman–Crippen LogP) is 1.44. The number of hydrogen-bond acceptors (Lipinski definition) is 5. The minimum absolute atomic E-state index is 0.0508. The number of nitro groups is 1. The molecule has 1 heterocycles. The van der Waals surface area contributed by atoms with Crippen molar-refractivity contribution in [2.75, 3.05) is 44.7 Å². The lowest BCUT2D eigenvalue weighted by molar-refractivity contribution is -0.384. The van der Waals surface area contributed by atoms with Crippen molar-refractivity contribution in [3.8, 4) is 0 Å². The summed E-state index contributed by atoms with van der Waals surface area (Å²) in [5, 5.41) is 16.0. The monoisotopic (exact) mass is 308 g/mol. The number of rotatable bonds is 6. The van der Waals surface area contributed by atoms with Gasteiger partial charge in [0.1, 0.15) is 0 Å². The molecule has 1 saturated heterocycles. The SMILES string of the molecule is O=C(NCCCN1CCOCC1)Nc1cccc([N+](=O)[O-])c1. The maximum absolute atomic E-state index is 11.7. The highest BCUT2D eigenvalue weighted by Gasteiger charge is 2.10. The number of amides is 2. The lowest BCUT2D eigenvalue weighted by Crippen LogP contribution is -2.38. The van der Waals surface area contributed by atoms with Crippen LogP contribution >= 0.6 is 0 Å². The Balaban J connectivity index is 1.67. The molecular weight excluding hydrogens is 288 g/mol. The van der Waals surface area contributed by atoms with Gasteiger partial charge in [-0.3, -0.25) is 15.0 Å². The van der Waals surface area contributed by atoms with Crippen LogP contribution in [0, 0.1) is 10.1 Å². The molecule has 22 heavy (non-hydrogen) atoms. The first-order valence-electron chi connectivity index (χ1n) is 7.24. The summed E-state index contributed by atoms with van der Waals surface area (Å²) in [6.07, 6.45) is 0.850. The van der Waals surface area contributed by atoms with Crippen molar-refractivity contribution in [3.05, 3.63) is 34.4 Å². The molecule has 0 bridgehead atoms. The second-order valence-electron chi connectivity index (χ2n) is 5.00. The van der Waals surface area contributed by atoms with Gasteiger partial charge in [-0.25, -0.2) is 4.79 Å². The van der Waals surface area contributed by atoms with Gasteiger partial charge in [0.05, 0.1) is 18.1 Å². The molecule has 1 aromatic carbocycles. The molecule has 1 aliphatic heterocycles. The summed E-state index contributed by atoms with van der Waals surface area (Å²) in [5.41, 5.74) is 0.352. The topological polar surface area (TPSA) is 96.7 Å². The highest BCUT2D eigenvalue weighted by atomic mass is 16.6. The van der Waals surface area contributed by atoms with Crippen molar-refractivity contribution >= 4 is 17.4 Å². The van der Waals surface area contributed by atoms with E-state index in [2.05, 4.69) is 15.5 Å². The first kappa shape index (κ1) is 16.2. The summed E-state index contributed by atoms with van der Waals surface area (Å²) in [7, 11) is 0. The van der Waals surface area contributed by atoms with E-state index in [1.807, 2.05) is 0 Å². The molecular formula is C14H20N4O4. The number of hydrogen-bond donors (Lipinski definition) is 2. The zero-order valence-electron chi connectivity index (χ0n) is 12.3. The van der Waals surface area contributed by atoms with Gasteiger partial charge < -0.3 is 15.4 Å². The van der Waals surface area contributed by atoms with Gasteiger partial charge in [0.2, 0.25) is 0 Å². The number of carbonyl (C=O) groups is 1. The predicted molar refractivity (Wildman–Crippen MR) is 82.0 cm³/mol.